The van der Waals surface area contributed by atoms with Crippen LogP contribution in [0.1, 0.15) is 25.7 Å². The van der Waals surface area contributed by atoms with E-state index in [4.69, 9.17) is 0 Å². The fourth-order valence-corrected chi connectivity index (χ4v) is 2.49. The summed E-state index contributed by atoms with van der Waals surface area (Å²) in [6, 6.07) is 0. The second kappa shape index (κ2) is 6.12. The Morgan fingerprint density at radius 3 is 2.24 bits per heavy atom. The van der Waals surface area contributed by atoms with Gasteiger partial charge in [0.25, 0.3) is 0 Å². The normalized spacial score (nSPS) is 26.5. The summed E-state index contributed by atoms with van der Waals surface area (Å²) in [5.41, 5.74) is 0. The van der Waals surface area contributed by atoms with E-state index < -0.39 is 0 Å². The molecule has 2 fully saturated rings. The number of hydrogen-bond donors (Lipinski definition) is 3. The minimum atomic E-state index is -0.0965. The molecule has 2 saturated heterocycles. The summed E-state index contributed by atoms with van der Waals surface area (Å²) < 4.78 is 0. The molecule has 0 radical (unpaired) electrons. The number of carbonyl (C=O) groups is 2. The molecule has 2 aliphatic heterocycles. The van der Waals surface area contributed by atoms with Crippen molar-refractivity contribution in [3.63, 3.8) is 0 Å². The number of nitrogens with one attached hydrogen (secondary N) is 3. The molecule has 5 nitrogen and oxygen atoms in total. The van der Waals surface area contributed by atoms with Crippen LogP contribution >= 0.6 is 0 Å². The van der Waals surface area contributed by atoms with Gasteiger partial charge in [0.15, 0.2) is 0 Å². The van der Waals surface area contributed by atoms with Gasteiger partial charge in [-0.2, -0.15) is 0 Å². The van der Waals surface area contributed by atoms with Crippen LogP contribution in [0.4, 0.5) is 0 Å². The summed E-state index contributed by atoms with van der Waals surface area (Å²) in [6.45, 7) is 3.42. The van der Waals surface area contributed by atoms with Crippen LogP contribution in [-0.4, -0.2) is 38.0 Å². The van der Waals surface area contributed by atoms with E-state index in [2.05, 4.69) is 16.0 Å². The number of rotatable bonds is 2. The van der Waals surface area contributed by atoms with Crippen molar-refractivity contribution < 1.29 is 9.59 Å². The largest absolute Gasteiger partial charge is 0.317 e. The Morgan fingerprint density at radius 1 is 0.882 bits per heavy atom. The number of amides is 2. The zero-order valence-electron chi connectivity index (χ0n) is 10.1. The average Bonchev–Trinajstić information content (AvgIpc) is 2.40. The fourth-order valence-electron chi connectivity index (χ4n) is 2.49. The van der Waals surface area contributed by atoms with E-state index in [-0.39, 0.29) is 23.7 Å². The van der Waals surface area contributed by atoms with Crippen molar-refractivity contribution >= 4 is 11.8 Å². The Labute approximate surface area is 102 Å². The summed E-state index contributed by atoms with van der Waals surface area (Å²) in [5, 5.41) is 8.97. The van der Waals surface area contributed by atoms with Crippen LogP contribution in [0.25, 0.3) is 0 Å². The van der Waals surface area contributed by atoms with Gasteiger partial charge >= 0.3 is 0 Å². The maximum absolute atomic E-state index is 11.9. The van der Waals surface area contributed by atoms with E-state index in [1.54, 1.807) is 0 Å². The predicted molar refractivity (Wildman–Crippen MR) is 64.3 cm³/mol. The second-order valence-corrected chi connectivity index (χ2v) is 4.92. The van der Waals surface area contributed by atoms with Crippen LogP contribution in [0.3, 0.4) is 0 Å². The molecule has 0 aromatic rings. The molecule has 3 N–H and O–H groups in total. The molecule has 0 aromatic heterocycles. The maximum Gasteiger partial charge on any atom is 0.230 e. The molecular formula is C12H21N3O2. The summed E-state index contributed by atoms with van der Waals surface area (Å²) >= 11 is 0. The lowest BCUT2D eigenvalue weighted by Crippen LogP contribution is -2.46. The molecule has 2 rings (SSSR count). The number of hydrogen-bond acceptors (Lipinski definition) is 4. The van der Waals surface area contributed by atoms with Gasteiger partial charge in [-0.15, -0.1) is 0 Å². The number of carbonyl (C=O) groups excluding carboxylic acids is 2. The molecule has 5 heteroatoms. The van der Waals surface area contributed by atoms with Gasteiger partial charge in [0.1, 0.15) is 0 Å². The number of piperidine rings is 2. The molecule has 0 spiro atoms. The van der Waals surface area contributed by atoms with Gasteiger partial charge in [0.2, 0.25) is 11.8 Å². The van der Waals surface area contributed by atoms with E-state index in [0.717, 1.165) is 45.3 Å². The van der Waals surface area contributed by atoms with E-state index in [1.165, 1.54) is 0 Å². The van der Waals surface area contributed by atoms with E-state index >= 15 is 0 Å². The van der Waals surface area contributed by atoms with Gasteiger partial charge in [-0.3, -0.25) is 14.9 Å². The molecule has 2 amide bonds. The van der Waals surface area contributed by atoms with Crippen LogP contribution in [-0.2, 0) is 9.59 Å². The third kappa shape index (κ3) is 3.51. The first-order valence-electron chi connectivity index (χ1n) is 6.53. The monoisotopic (exact) mass is 239 g/mol. The van der Waals surface area contributed by atoms with Crippen molar-refractivity contribution in [2.24, 2.45) is 11.8 Å². The quantitative estimate of drug-likeness (QED) is 0.575. The molecule has 17 heavy (non-hydrogen) atoms. The first kappa shape index (κ1) is 12.5. The Hall–Kier alpha value is -0.940. The third-order valence-corrected chi connectivity index (χ3v) is 3.62. The van der Waals surface area contributed by atoms with Crippen molar-refractivity contribution in [1.82, 2.24) is 16.0 Å². The standard InChI is InChI=1S/C12H21N3O2/c16-11(9-3-6-13-7-4-9)15-12(17)10-2-1-5-14-8-10/h9-10,13-14H,1-8H2,(H,15,16,17). The zero-order valence-corrected chi connectivity index (χ0v) is 10.1. The molecule has 1 unspecified atom stereocenters. The Kier molecular flexibility index (Phi) is 4.50. The highest BCUT2D eigenvalue weighted by Crippen LogP contribution is 2.13. The van der Waals surface area contributed by atoms with E-state index in [0.29, 0.717) is 6.54 Å². The highest BCUT2D eigenvalue weighted by atomic mass is 16.2. The highest BCUT2D eigenvalue weighted by molar-refractivity contribution is 5.97. The van der Waals surface area contributed by atoms with Crippen LogP contribution in [0.5, 0.6) is 0 Å². The van der Waals surface area contributed by atoms with Gasteiger partial charge in [0, 0.05) is 12.5 Å². The van der Waals surface area contributed by atoms with Gasteiger partial charge < -0.3 is 10.6 Å². The van der Waals surface area contributed by atoms with Crippen molar-refractivity contribution in [3.05, 3.63) is 0 Å². The third-order valence-electron chi connectivity index (χ3n) is 3.62. The van der Waals surface area contributed by atoms with Crippen LogP contribution in [0, 0.1) is 11.8 Å². The molecule has 2 heterocycles. The second-order valence-electron chi connectivity index (χ2n) is 4.92. The highest BCUT2D eigenvalue weighted by Gasteiger charge is 2.26. The molecule has 1 atom stereocenters. The lowest BCUT2D eigenvalue weighted by molar-refractivity contribution is -0.135. The van der Waals surface area contributed by atoms with Crippen molar-refractivity contribution in [2.45, 2.75) is 25.7 Å². The minimum Gasteiger partial charge on any atom is -0.317 e. The average molecular weight is 239 g/mol. The molecule has 0 bridgehead atoms. The van der Waals surface area contributed by atoms with Crippen LogP contribution in [0.15, 0.2) is 0 Å². The van der Waals surface area contributed by atoms with Crippen molar-refractivity contribution in [1.29, 1.82) is 0 Å². The van der Waals surface area contributed by atoms with Gasteiger partial charge in [-0.25, -0.2) is 0 Å². The first-order valence-corrected chi connectivity index (χ1v) is 6.53. The van der Waals surface area contributed by atoms with Gasteiger partial charge in [0.05, 0.1) is 5.92 Å². The van der Waals surface area contributed by atoms with Gasteiger partial charge in [-0.05, 0) is 45.3 Å². The lowest BCUT2D eigenvalue weighted by Gasteiger charge is -2.24. The molecule has 96 valence electrons. The summed E-state index contributed by atoms with van der Waals surface area (Å²) in [4.78, 5) is 23.7. The SMILES string of the molecule is O=C(NC(=O)C1CCCNC1)C1CCNCC1. The molecule has 0 aliphatic carbocycles. The van der Waals surface area contributed by atoms with Crippen LogP contribution < -0.4 is 16.0 Å². The van der Waals surface area contributed by atoms with E-state index in [9.17, 15) is 9.59 Å². The van der Waals surface area contributed by atoms with Crippen molar-refractivity contribution in [2.75, 3.05) is 26.2 Å². The topological polar surface area (TPSA) is 70.2 Å². The maximum atomic E-state index is 11.9. The Balaban J connectivity index is 1.78. The summed E-state index contributed by atoms with van der Waals surface area (Å²) in [6.07, 6.45) is 3.57. The fraction of sp³-hybridized carbons (Fsp3) is 0.833. The van der Waals surface area contributed by atoms with Crippen LogP contribution in [0.2, 0.25) is 0 Å². The van der Waals surface area contributed by atoms with Crippen molar-refractivity contribution in [3.8, 4) is 0 Å². The smallest absolute Gasteiger partial charge is 0.230 e. The Morgan fingerprint density at radius 2 is 1.59 bits per heavy atom. The molecule has 0 aromatic carbocycles. The number of imide groups is 1. The van der Waals surface area contributed by atoms with E-state index in [1.807, 2.05) is 0 Å². The summed E-state index contributed by atoms with van der Waals surface area (Å²) in [7, 11) is 0. The Bertz CT molecular complexity index is 253. The summed E-state index contributed by atoms with van der Waals surface area (Å²) in [5.74, 6) is -0.200. The zero-order chi connectivity index (χ0) is 12.1. The van der Waals surface area contributed by atoms with Gasteiger partial charge in [-0.1, -0.05) is 0 Å². The molecule has 0 saturated carbocycles. The first-order chi connectivity index (χ1) is 8.27. The molecular weight excluding hydrogens is 218 g/mol. The predicted octanol–water partition coefficient (Wildman–Crippen LogP) is -0.372. The molecule has 2 aliphatic rings. The lowest BCUT2D eigenvalue weighted by atomic mass is 9.95. The minimum absolute atomic E-state index is 0.0109.